The summed E-state index contributed by atoms with van der Waals surface area (Å²) in [6, 6.07) is 2.11. The van der Waals surface area contributed by atoms with Crippen LogP contribution in [0.5, 0.6) is 0 Å². The average Bonchev–Trinajstić information content (AvgIpc) is 2.87. The molecule has 2 fully saturated rings. The highest BCUT2D eigenvalue weighted by Crippen LogP contribution is 2.27. The Balaban J connectivity index is 1.76. The second kappa shape index (κ2) is 5.33. The maximum atomic E-state index is 4.85. The molecule has 1 aromatic heterocycles. The van der Waals surface area contributed by atoms with Gasteiger partial charge in [0.2, 0.25) is 0 Å². The molecule has 0 amide bonds. The van der Waals surface area contributed by atoms with Gasteiger partial charge in [-0.15, -0.1) is 0 Å². The van der Waals surface area contributed by atoms with Crippen molar-refractivity contribution in [3.05, 3.63) is 23.8 Å². The molecule has 0 aliphatic carbocycles. The van der Waals surface area contributed by atoms with Crippen molar-refractivity contribution in [2.24, 2.45) is 0 Å². The molecule has 18 heavy (non-hydrogen) atoms. The first-order valence-corrected chi connectivity index (χ1v) is 7.05. The molecule has 3 rings (SSSR count). The van der Waals surface area contributed by atoms with Gasteiger partial charge >= 0.3 is 0 Å². The van der Waals surface area contributed by atoms with Crippen molar-refractivity contribution >= 4 is 0 Å². The number of aromatic nitrogens is 2. The molecule has 0 aromatic carbocycles. The van der Waals surface area contributed by atoms with Gasteiger partial charge in [0.15, 0.2) is 0 Å². The van der Waals surface area contributed by atoms with E-state index in [0.29, 0.717) is 11.8 Å². The molecule has 1 aromatic rings. The van der Waals surface area contributed by atoms with Crippen LogP contribution in [0.4, 0.5) is 0 Å². The summed E-state index contributed by atoms with van der Waals surface area (Å²) >= 11 is 0. The largest absolute Gasteiger partial charge is 0.317 e. The van der Waals surface area contributed by atoms with Crippen LogP contribution in [0.2, 0.25) is 0 Å². The minimum Gasteiger partial charge on any atom is -0.317 e. The average molecular weight is 246 g/mol. The third kappa shape index (κ3) is 2.54. The third-order valence-electron chi connectivity index (χ3n) is 4.21. The first kappa shape index (κ1) is 12.1. The summed E-state index contributed by atoms with van der Waals surface area (Å²) in [6.45, 7) is 4.54. The summed E-state index contributed by atoms with van der Waals surface area (Å²) in [5, 5.41) is 3.40. The molecular weight excluding hydrogens is 224 g/mol. The van der Waals surface area contributed by atoms with Crippen LogP contribution in [-0.2, 0) is 0 Å². The molecule has 4 heteroatoms. The zero-order valence-electron chi connectivity index (χ0n) is 11.1. The zero-order chi connectivity index (χ0) is 12.4. The van der Waals surface area contributed by atoms with Gasteiger partial charge in [0, 0.05) is 30.3 Å². The summed E-state index contributed by atoms with van der Waals surface area (Å²) < 4.78 is 0. The van der Waals surface area contributed by atoms with Gasteiger partial charge in [-0.05, 0) is 52.0 Å². The van der Waals surface area contributed by atoms with E-state index in [4.69, 9.17) is 4.98 Å². The van der Waals surface area contributed by atoms with E-state index in [0.717, 1.165) is 25.5 Å². The van der Waals surface area contributed by atoms with E-state index in [1.807, 2.05) is 6.20 Å². The lowest BCUT2D eigenvalue weighted by Gasteiger charge is -2.22. The predicted molar refractivity (Wildman–Crippen MR) is 71.7 cm³/mol. The lowest BCUT2D eigenvalue weighted by Crippen LogP contribution is -2.27. The van der Waals surface area contributed by atoms with Gasteiger partial charge < -0.3 is 10.2 Å². The molecule has 2 aliphatic rings. The second-order valence-corrected chi connectivity index (χ2v) is 5.61. The van der Waals surface area contributed by atoms with Crippen LogP contribution in [0.1, 0.15) is 42.6 Å². The van der Waals surface area contributed by atoms with Gasteiger partial charge in [-0.3, -0.25) is 0 Å². The van der Waals surface area contributed by atoms with E-state index >= 15 is 0 Å². The number of hydrogen-bond donors (Lipinski definition) is 1. The van der Waals surface area contributed by atoms with Crippen LogP contribution in [0.25, 0.3) is 0 Å². The SMILES string of the molecule is CN1CCC(c2ccnc(C3CCNCC3)n2)C1. The first-order valence-electron chi connectivity index (χ1n) is 7.05. The maximum absolute atomic E-state index is 4.85. The Morgan fingerprint density at radius 1 is 1.22 bits per heavy atom. The van der Waals surface area contributed by atoms with Crippen LogP contribution in [0.3, 0.4) is 0 Å². The van der Waals surface area contributed by atoms with Crippen LogP contribution in [0.15, 0.2) is 12.3 Å². The highest BCUT2D eigenvalue weighted by Gasteiger charge is 2.24. The summed E-state index contributed by atoms with van der Waals surface area (Å²) in [4.78, 5) is 11.7. The van der Waals surface area contributed by atoms with E-state index in [9.17, 15) is 0 Å². The van der Waals surface area contributed by atoms with Gasteiger partial charge in [-0.2, -0.15) is 0 Å². The summed E-state index contributed by atoms with van der Waals surface area (Å²) in [5.74, 6) is 2.24. The summed E-state index contributed by atoms with van der Waals surface area (Å²) in [7, 11) is 2.19. The summed E-state index contributed by atoms with van der Waals surface area (Å²) in [6.07, 6.45) is 5.54. The molecular formula is C14H22N4. The smallest absolute Gasteiger partial charge is 0.131 e. The Labute approximate surface area is 109 Å². The van der Waals surface area contributed by atoms with Crippen LogP contribution in [-0.4, -0.2) is 48.1 Å². The molecule has 2 aliphatic heterocycles. The van der Waals surface area contributed by atoms with E-state index < -0.39 is 0 Å². The van der Waals surface area contributed by atoms with Crippen molar-refractivity contribution in [2.45, 2.75) is 31.1 Å². The van der Waals surface area contributed by atoms with Crippen molar-refractivity contribution in [3.63, 3.8) is 0 Å². The van der Waals surface area contributed by atoms with Crippen molar-refractivity contribution in [1.29, 1.82) is 0 Å². The van der Waals surface area contributed by atoms with Crippen LogP contribution >= 0.6 is 0 Å². The second-order valence-electron chi connectivity index (χ2n) is 5.61. The fraction of sp³-hybridized carbons (Fsp3) is 0.714. The molecule has 3 heterocycles. The fourth-order valence-corrected chi connectivity index (χ4v) is 3.07. The minimum absolute atomic E-state index is 0.560. The first-order chi connectivity index (χ1) is 8.83. The Bertz CT molecular complexity index is 381. The number of nitrogens with one attached hydrogen (secondary N) is 1. The Hall–Kier alpha value is -1.00. The molecule has 1 unspecified atom stereocenters. The number of piperidine rings is 1. The highest BCUT2D eigenvalue weighted by atomic mass is 15.1. The maximum Gasteiger partial charge on any atom is 0.131 e. The van der Waals surface area contributed by atoms with Crippen LogP contribution < -0.4 is 5.32 Å². The van der Waals surface area contributed by atoms with Crippen molar-refractivity contribution in [1.82, 2.24) is 20.2 Å². The number of nitrogens with zero attached hydrogens (tertiary/aromatic N) is 3. The Kier molecular flexibility index (Phi) is 3.57. The molecule has 1 N–H and O–H groups in total. The zero-order valence-corrected chi connectivity index (χ0v) is 11.1. The van der Waals surface area contributed by atoms with Crippen molar-refractivity contribution in [3.8, 4) is 0 Å². The third-order valence-corrected chi connectivity index (χ3v) is 4.21. The lowest BCUT2D eigenvalue weighted by atomic mass is 9.96. The van der Waals surface area contributed by atoms with E-state index in [2.05, 4.69) is 28.3 Å². The molecule has 4 nitrogen and oxygen atoms in total. The molecule has 98 valence electrons. The number of likely N-dealkylation sites (N-methyl/N-ethyl adjacent to an activating group) is 1. The normalized spacial score (nSPS) is 26.6. The molecule has 0 saturated carbocycles. The monoisotopic (exact) mass is 246 g/mol. The molecule has 1 atom stereocenters. The van der Waals surface area contributed by atoms with Gasteiger partial charge in [0.05, 0.1) is 0 Å². The van der Waals surface area contributed by atoms with Gasteiger partial charge in [0.1, 0.15) is 5.82 Å². The summed E-state index contributed by atoms with van der Waals surface area (Å²) in [5.41, 5.74) is 1.25. The predicted octanol–water partition coefficient (Wildman–Crippen LogP) is 1.36. The standard InChI is InChI=1S/C14H22N4/c1-18-9-5-12(10-18)13-4-8-16-14(17-13)11-2-6-15-7-3-11/h4,8,11-12,15H,2-3,5-7,9-10H2,1H3. The molecule has 0 spiro atoms. The highest BCUT2D eigenvalue weighted by molar-refractivity contribution is 5.13. The van der Waals surface area contributed by atoms with E-state index in [-0.39, 0.29) is 0 Å². The minimum atomic E-state index is 0.560. The quantitative estimate of drug-likeness (QED) is 0.855. The van der Waals surface area contributed by atoms with Crippen molar-refractivity contribution < 1.29 is 0 Å². The fourth-order valence-electron chi connectivity index (χ4n) is 3.07. The molecule has 0 radical (unpaired) electrons. The lowest BCUT2D eigenvalue weighted by molar-refractivity contribution is 0.409. The number of hydrogen-bond acceptors (Lipinski definition) is 4. The van der Waals surface area contributed by atoms with Gasteiger partial charge in [-0.25, -0.2) is 9.97 Å². The van der Waals surface area contributed by atoms with E-state index in [1.165, 1.54) is 31.5 Å². The molecule has 0 bridgehead atoms. The Morgan fingerprint density at radius 3 is 2.78 bits per heavy atom. The van der Waals surface area contributed by atoms with Crippen LogP contribution in [0, 0.1) is 0 Å². The molecule has 2 saturated heterocycles. The van der Waals surface area contributed by atoms with E-state index in [1.54, 1.807) is 0 Å². The Morgan fingerprint density at radius 2 is 2.06 bits per heavy atom. The topological polar surface area (TPSA) is 41.1 Å². The van der Waals surface area contributed by atoms with Crippen molar-refractivity contribution in [2.75, 3.05) is 33.2 Å². The van der Waals surface area contributed by atoms with Gasteiger partial charge in [-0.1, -0.05) is 0 Å². The number of rotatable bonds is 2. The van der Waals surface area contributed by atoms with Gasteiger partial charge in [0.25, 0.3) is 0 Å². The number of likely N-dealkylation sites (tertiary alicyclic amines) is 1.